The van der Waals surface area contributed by atoms with Gasteiger partial charge >= 0.3 is 5.97 Å². The van der Waals surface area contributed by atoms with Crippen LogP contribution in [0.25, 0.3) is 0 Å². The molecule has 0 saturated heterocycles. The number of aliphatic hydroxyl groups is 1. The number of aromatic hydroxyl groups is 1. The van der Waals surface area contributed by atoms with Crippen LogP contribution in [-0.4, -0.2) is 16.2 Å². The van der Waals surface area contributed by atoms with E-state index in [1.807, 2.05) is 0 Å². The van der Waals surface area contributed by atoms with Gasteiger partial charge in [0.05, 0.1) is 0 Å². The molecule has 0 spiro atoms. The van der Waals surface area contributed by atoms with Gasteiger partial charge in [-0.05, 0) is 12.5 Å². The van der Waals surface area contributed by atoms with Gasteiger partial charge in [-0.1, -0.05) is 12.1 Å². The highest BCUT2D eigenvalue weighted by Gasteiger charge is 2.32. The molecule has 2 rings (SSSR count). The summed E-state index contributed by atoms with van der Waals surface area (Å²) in [5.74, 6) is -0.789. The zero-order valence-corrected chi connectivity index (χ0v) is 6.94. The van der Waals surface area contributed by atoms with E-state index in [-0.39, 0.29) is 11.3 Å². The third-order valence-corrected chi connectivity index (χ3v) is 2.10. The second-order valence-corrected chi connectivity index (χ2v) is 2.95. The third kappa shape index (κ3) is 0.990. The Labute approximate surface area is 74.4 Å². The lowest BCUT2D eigenvalue weighted by atomic mass is 10.0. The molecule has 1 aromatic carbocycles. The average molecular weight is 180 g/mol. The van der Waals surface area contributed by atoms with Crippen LogP contribution in [0.4, 0.5) is 0 Å². The highest BCUT2D eigenvalue weighted by molar-refractivity contribution is 5.97. The average Bonchev–Trinajstić information content (AvgIpc) is 2.35. The molecule has 13 heavy (non-hydrogen) atoms. The van der Waals surface area contributed by atoms with E-state index in [9.17, 15) is 15.0 Å². The first-order chi connectivity index (χ1) is 6.11. The molecule has 1 unspecified atom stereocenters. The van der Waals surface area contributed by atoms with Gasteiger partial charge in [-0.25, -0.2) is 4.79 Å². The monoisotopic (exact) mass is 180 g/mol. The standard InChI is InChI=1S/C9H8O4/c1-4-2-3-5-6(7(4)10)9(12)13-8(5)11/h2-3,8,10-11H,1H3. The van der Waals surface area contributed by atoms with E-state index in [0.29, 0.717) is 11.1 Å². The Bertz CT molecular complexity index is 383. The van der Waals surface area contributed by atoms with Crippen molar-refractivity contribution in [1.82, 2.24) is 0 Å². The van der Waals surface area contributed by atoms with E-state index in [0.717, 1.165) is 0 Å². The lowest BCUT2D eigenvalue weighted by Gasteiger charge is -2.02. The molecule has 0 aromatic heterocycles. The summed E-state index contributed by atoms with van der Waals surface area (Å²) in [4.78, 5) is 11.1. The van der Waals surface area contributed by atoms with Crippen molar-refractivity contribution in [3.63, 3.8) is 0 Å². The Balaban J connectivity index is 2.71. The molecule has 1 aliphatic rings. The Morgan fingerprint density at radius 3 is 2.85 bits per heavy atom. The van der Waals surface area contributed by atoms with E-state index in [1.54, 1.807) is 19.1 Å². The molecule has 1 heterocycles. The maximum atomic E-state index is 11.1. The van der Waals surface area contributed by atoms with E-state index in [2.05, 4.69) is 4.74 Å². The van der Waals surface area contributed by atoms with Gasteiger partial charge in [-0.15, -0.1) is 0 Å². The first-order valence-corrected chi connectivity index (χ1v) is 3.83. The quantitative estimate of drug-likeness (QED) is 0.581. The summed E-state index contributed by atoms with van der Waals surface area (Å²) in [6.07, 6.45) is -1.24. The lowest BCUT2D eigenvalue weighted by molar-refractivity contribution is -0.0547. The van der Waals surface area contributed by atoms with Crippen LogP contribution in [0, 0.1) is 6.92 Å². The van der Waals surface area contributed by atoms with Crippen molar-refractivity contribution in [3.05, 3.63) is 28.8 Å². The molecule has 0 aliphatic carbocycles. The van der Waals surface area contributed by atoms with Gasteiger partial charge in [0.2, 0.25) is 6.29 Å². The number of aliphatic hydroxyl groups excluding tert-OH is 1. The molecule has 0 saturated carbocycles. The predicted molar refractivity (Wildman–Crippen MR) is 43.2 cm³/mol. The number of benzene rings is 1. The number of aryl methyl sites for hydroxylation is 1. The Hall–Kier alpha value is -1.55. The van der Waals surface area contributed by atoms with Crippen molar-refractivity contribution in [2.24, 2.45) is 0 Å². The van der Waals surface area contributed by atoms with Crippen molar-refractivity contribution in [1.29, 1.82) is 0 Å². The highest BCUT2D eigenvalue weighted by atomic mass is 16.6. The molecule has 4 heteroatoms. The Morgan fingerprint density at radius 1 is 1.46 bits per heavy atom. The van der Waals surface area contributed by atoms with Crippen LogP contribution < -0.4 is 0 Å². The van der Waals surface area contributed by atoms with Crippen LogP contribution >= 0.6 is 0 Å². The Morgan fingerprint density at radius 2 is 2.15 bits per heavy atom. The fourth-order valence-electron chi connectivity index (χ4n) is 1.36. The summed E-state index contributed by atoms with van der Waals surface area (Å²) < 4.78 is 4.52. The molecule has 68 valence electrons. The minimum atomic E-state index is -1.24. The van der Waals surface area contributed by atoms with Crippen LogP contribution in [-0.2, 0) is 4.74 Å². The molecule has 1 aromatic rings. The fraction of sp³-hybridized carbons (Fsp3) is 0.222. The Kier molecular flexibility index (Phi) is 1.53. The molecule has 0 fully saturated rings. The second-order valence-electron chi connectivity index (χ2n) is 2.95. The molecule has 0 bridgehead atoms. The zero-order chi connectivity index (χ0) is 9.59. The van der Waals surface area contributed by atoms with E-state index < -0.39 is 12.3 Å². The summed E-state index contributed by atoms with van der Waals surface area (Å²) in [5.41, 5.74) is 0.991. The SMILES string of the molecule is Cc1ccc2c(c1O)C(=O)OC2O. The number of ether oxygens (including phenoxy) is 1. The van der Waals surface area contributed by atoms with Crippen LogP contribution in [0.1, 0.15) is 27.8 Å². The number of fused-ring (bicyclic) bond motifs is 1. The number of carbonyl (C=O) groups excluding carboxylic acids is 1. The first kappa shape index (κ1) is 8.07. The van der Waals surface area contributed by atoms with Gasteiger partial charge in [-0.3, -0.25) is 0 Å². The minimum absolute atomic E-state index is 0.0764. The van der Waals surface area contributed by atoms with E-state index >= 15 is 0 Å². The molecule has 4 nitrogen and oxygen atoms in total. The van der Waals surface area contributed by atoms with Gasteiger partial charge in [0.25, 0.3) is 0 Å². The zero-order valence-electron chi connectivity index (χ0n) is 6.94. The van der Waals surface area contributed by atoms with Crippen molar-refractivity contribution < 1.29 is 19.7 Å². The summed E-state index contributed by atoms with van der Waals surface area (Å²) in [6, 6.07) is 3.19. The summed E-state index contributed by atoms with van der Waals surface area (Å²) in [7, 11) is 0. The van der Waals surface area contributed by atoms with Gasteiger partial charge in [-0.2, -0.15) is 0 Å². The number of cyclic esters (lactones) is 1. The van der Waals surface area contributed by atoms with Crippen molar-refractivity contribution in [2.75, 3.05) is 0 Å². The number of esters is 1. The smallest absolute Gasteiger partial charge is 0.345 e. The van der Waals surface area contributed by atoms with Gasteiger partial charge in [0, 0.05) is 5.56 Å². The second kappa shape index (κ2) is 2.47. The van der Waals surface area contributed by atoms with Crippen LogP contribution in [0.5, 0.6) is 5.75 Å². The predicted octanol–water partition coefficient (Wildman–Crippen LogP) is 0.862. The van der Waals surface area contributed by atoms with Crippen molar-refractivity contribution in [2.45, 2.75) is 13.2 Å². The number of rotatable bonds is 0. The molecule has 1 aliphatic heterocycles. The summed E-state index contributed by atoms with van der Waals surface area (Å²) >= 11 is 0. The minimum Gasteiger partial charge on any atom is -0.507 e. The summed E-state index contributed by atoms with van der Waals surface area (Å²) in [5, 5.41) is 18.7. The van der Waals surface area contributed by atoms with Gasteiger partial charge in [0.15, 0.2) is 0 Å². The third-order valence-electron chi connectivity index (χ3n) is 2.10. The normalized spacial score (nSPS) is 19.8. The molecular formula is C9H8O4. The molecule has 1 atom stereocenters. The largest absolute Gasteiger partial charge is 0.507 e. The van der Waals surface area contributed by atoms with Crippen molar-refractivity contribution in [3.8, 4) is 5.75 Å². The van der Waals surface area contributed by atoms with E-state index in [1.165, 1.54) is 0 Å². The number of phenolic OH excluding ortho intramolecular Hbond substituents is 1. The van der Waals surface area contributed by atoms with Crippen LogP contribution in [0.3, 0.4) is 0 Å². The highest BCUT2D eigenvalue weighted by Crippen LogP contribution is 2.35. The van der Waals surface area contributed by atoms with Gasteiger partial charge < -0.3 is 14.9 Å². The van der Waals surface area contributed by atoms with Crippen molar-refractivity contribution >= 4 is 5.97 Å². The maximum Gasteiger partial charge on any atom is 0.345 e. The summed E-state index contributed by atoms with van der Waals surface area (Å²) in [6.45, 7) is 1.67. The fourth-order valence-corrected chi connectivity index (χ4v) is 1.36. The maximum absolute atomic E-state index is 11.1. The molecular weight excluding hydrogens is 172 g/mol. The molecule has 0 amide bonds. The molecule has 0 radical (unpaired) electrons. The van der Waals surface area contributed by atoms with Gasteiger partial charge in [0.1, 0.15) is 11.3 Å². The van der Waals surface area contributed by atoms with Crippen LogP contribution in [0.2, 0.25) is 0 Å². The topological polar surface area (TPSA) is 66.8 Å². The first-order valence-electron chi connectivity index (χ1n) is 3.83. The lowest BCUT2D eigenvalue weighted by Crippen LogP contribution is -1.96. The number of carbonyl (C=O) groups is 1. The number of hydrogen-bond acceptors (Lipinski definition) is 4. The number of phenols is 1. The van der Waals surface area contributed by atoms with Crippen LogP contribution in [0.15, 0.2) is 12.1 Å². The molecule has 2 N–H and O–H groups in total. The van der Waals surface area contributed by atoms with E-state index in [4.69, 9.17) is 0 Å². The number of hydrogen-bond donors (Lipinski definition) is 2.